The summed E-state index contributed by atoms with van der Waals surface area (Å²) in [4.78, 5) is 16.9. The molecule has 10 rings (SSSR count). The van der Waals surface area contributed by atoms with E-state index >= 15 is 0 Å². The quantitative estimate of drug-likeness (QED) is 0.0421. The zero-order chi connectivity index (χ0) is 68.7. The average Bonchev–Trinajstić information content (AvgIpc) is 1.53. The molecule has 6 heterocycles. The van der Waals surface area contributed by atoms with Gasteiger partial charge in [0.25, 0.3) is 0 Å². The van der Waals surface area contributed by atoms with E-state index in [1.807, 2.05) is 12.1 Å². The molecule has 0 atom stereocenters. The van der Waals surface area contributed by atoms with Gasteiger partial charge in [-0.15, -0.1) is 73.1 Å². The second-order valence-corrected chi connectivity index (χ2v) is 19.2. The average molecular weight is 1410 g/mol. The number of rotatable bonds is 15. The Kier molecular flexibility index (Phi) is 28.8. The smallest absolute Gasteiger partial charge is 0.406 e. The first kappa shape index (κ1) is 74.2. The van der Waals surface area contributed by atoms with Crippen molar-refractivity contribution in [2.24, 2.45) is 0 Å². The van der Waals surface area contributed by atoms with Gasteiger partial charge in [-0.2, -0.15) is 20.5 Å². The minimum atomic E-state index is -4.72. The van der Waals surface area contributed by atoms with Crippen LogP contribution in [0.1, 0.15) is 44.5 Å². The number of pyridine rings is 4. The van der Waals surface area contributed by atoms with Gasteiger partial charge in [-0.3, -0.25) is 19.9 Å². The molecule has 0 aliphatic carbocycles. The maximum absolute atomic E-state index is 12.2. The lowest BCUT2D eigenvalue weighted by Gasteiger charge is -2.10. The highest BCUT2D eigenvalue weighted by Crippen LogP contribution is 2.29. The molecule has 21 nitrogen and oxygen atoms in total. The molecule has 0 amide bonds. The fourth-order valence-corrected chi connectivity index (χ4v) is 7.41. The molecule has 5 N–H and O–H groups in total. The maximum atomic E-state index is 12.2. The van der Waals surface area contributed by atoms with Crippen LogP contribution >= 0.6 is 27.5 Å². The van der Waals surface area contributed by atoms with Crippen LogP contribution < -0.4 is 24.7 Å². The summed E-state index contributed by atoms with van der Waals surface area (Å²) in [5.41, 5.74) is 12.7. The summed E-state index contributed by atoms with van der Waals surface area (Å²) >= 11 is 8.56. The molecular weight excluding hydrogens is 1360 g/mol. The molecule has 0 unspecified atom stereocenters. The molecule has 0 radical (unpaired) electrons. The fraction of sp³-hybridized carbons (Fsp3) is 0.186. The number of tetrazole rings is 2. The van der Waals surface area contributed by atoms with Gasteiger partial charge in [0.15, 0.2) is 0 Å². The second kappa shape index (κ2) is 36.5. The monoisotopic (exact) mass is 1400 g/mol. The van der Waals surface area contributed by atoms with Crippen LogP contribution in [-0.4, -0.2) is 115 Å². The van der Waals surface area contributed by atoms with Gasteiger partial charge >= 0.3 is 25.4 Å². The summed E-state index contributed by atoms with van der Waals surface area (Å²) in [7, 11) is 0. The number of aliphatic hydroxyl groups is 2. The molecule has 0 fully saturated rings. The fourth-order valence-electron chi connectivity index (χ4n) is 7.26. The second-order valence-electron chi connectivity index (χ2n) is 18.0. The normalized spacial score (nSPS) is 10.9. The van der Waals surface area contributed by atoms with Crippen molar-refractivity contribution in [1.82, 2.24) is 60.8 Å². The van der Waals surface area contributed by atoms with Crippen molar-refractivity contribution in [3.8, 4) is 57.9 Å². The van der Waals surface area contributed by atoms with Crippen LogP contribution in [0.5, 0.6) is 23.0 Å². The standard InChI is InChI=1S/C16H14F3N5O2.C14H10F3N5O.C14H9F3N2O.C7H6F3NO.C6H3ClN2.C2H5BrO/c17-16(18,19)26-13-3-1-11(2-4-13)9-12-5-6-20-10-14(12)15-21-23-24(22-15)7-8-25;15-14(16,17)23-11-3-1-9(2-4-11)7-10-5-6-18-8-12(10)13-19-21-22-20-13;15-14(16,17)20-13-3-1-10(2-4-13)7-11-5-6-19-9-12(11)8-18;8-7(9,10)12-6-3-1-5(11)2-4-6;7-6-1-2-9-4-5(6)3-8;3-1-2-4/h1-6,10,25H,7-9H2;1-6,8H,7H2,(H,19,20,21,22);1-6,9H,7H2;1-4H,11H2;1-2,4H;4H,1-2H2. The van der Waals surface area contributed by atoms with E-state index in [0.717, 1.165) is 45.5 Å². The van der Waals surface area contributed by atoms with E-state index in [1.54, 1.807) is 85.7 Å². The molecule has 4 aromatic carbocycles. The molecule has 0 spiro atoms. The minimum Gasteiger partial charge on any atom is -0.406 e. The summed E-state index contributed by atoms with van der Waals surface area (Å²) in [5, 5.41) is 60.8. The van der Waals surface area contributed by atoms with Crippen LogP contribution in [-0.2, 0) is 25.8 Å². The molecule has 10 aromatic rings. The number of aromatic amines is 1. The lowest BCUT2D eigenvalue weighted by molar-refractivity contribution is -0.275. The highest BCUT2D eigenvalue weighted by atomic mass is 79.9. The van der Waals surface area contributed by atoms with Crippen molar-refractivity contribution in [3.63, 3.8) is 0 Å². The first-order valence-electron chi connectivity index (χ1n) is 26.3. The van der Waals surface area contributed by atoms with E-state index in [9.17, 15) is 52.7 Å². The predicted octanol–water partition coefficient (Wildman–Crippen LogP) is 12.6. The van der Waals surface area contributed by atoms with Crippen LogP contribution in [0.15, 0.2) is 171 Å². The number of nitrogen functional groups attached to an aromatic ring is 1. The van der Waals surface area contributed by atoms with Crippen LogP contribution in [0.25, 0.3) is 22.8 Å². The number of nitrogens with one attached hydrogen (secondary N) is 1. The number of nitriles is 2. The summed E-state index contributed by atoms with van der Waals surface area (Å²) < 4.78 is 159. The Balaban J connectivity index is 0.000000218. The number of alkyl halides is 13. The Morgan fingerprint density at radius 1 is 0.500 bits per heavy atom. The van der Waals surface area contributed by atoms with Crippen LogP contribution in [0.2, 0.25) is 5.02 Å². The third-order valence-electron chi connectivity index (χ3n) is 11.2. The van der Waals surface area contributed by atoms with Gasteiger partial charge in [-0.1, -0.05) is 63.9 Å². The topological polar surface area (TPSA) is 301 Å². The van der Waals surface area contributed by atoms with E-state index in [1.165, 1.54) is 77.9 Å². The Morgan fingerprint density at radius 3 is 1.23 bits per heavy atom. The summed E-state index contributed by atoms with van der Waals surface area (Å²) in [6.45, 7) is 0.352. The van der Waals surface area contributed by atoms with E-state index in [-0.39, 0.29) is 42.8 Å². The van der Waals surface area contributed by atoms with Crippen molar-refractivity contribution in [2.75, 3.05) is 24.3 Å². The Hall–Kier alpha value is -10.6. The molecule has 0 aliphatic rings. The van der Waals surface area contributed by atoms with E-state index in [2.05, 4.69) is 90.8 Å². The number of anilines is 1. The molecule has 94 heavy (non-hydrogen) atoms. The Morgan fingerprint density at radius 2 is 0.872 bits per heavy atom. The lowest BCUT2D eigenvalue weighted by atomic mass is 10.0. The third-order valence-corrected chi connectivity index (χ3v) is 11.9. The zero-order valence-electron chi connectivity index (χ0n) is 47.8. The van der Waals surface area contributed by atoms with Crippen LogP contribution in [0.3, 0.4) is 0 Å². The SMILES string of the molecule is FC(F)(F)Oc1ccc(Cc2ccncc2-c2nn[nH]n2)cc1.N#Cc1cnccc1Cc1ccc(OC(F)(F)F)cc1.N#Cc1cnccc1Cl.Nc1ccc(OC(F)(F)F)cc1.OCCBr.OCCn1nnc(-c2cnccc2Cc2ccc(OC(F)(F)F)cc2)n1. The molecule has 0 aliphatic heterocycles. The number of H-pyrrole nitrogens is 1. The highest BCUT2D eigenvalue weighted by Gasteiger charge is 2.33. The van der Waals surface area contributed by atoms with E-state index in [4.69, 9.17) is 38.1 Å². The van der Waals surface area contributed by atoms with Crippen LogP contribution in [0, 0.1) is 22.7 Å². The molecule has 35 heteroatoms. The van der Waals surface area contributed by atoms with Crippen molar-refractivity contribution in [3.05, 3.63) is 220 Å². The first-order valence-corrected chi connectivity index (χ1v) is 27.8. The number of hydrogen-bond acceptors (Lipinski definition) is 19. The number of halogens is 14. The number of nitrogens with two attached hydrogens (primary N) is 1. The van der Waals surface area contributed by atoms with Crippen molar-refractivity contribution >= 4 is 33.2 Å². The Bertz CT molecular complexity index is 3960. The molecule has 492 valence electrons. The van der Waals surface area contributed by atoms with Gasteiger partial charge in [0.2, 0.25) is 11.6 Å². The van der Waals surface area contributed by atoms with Gasteiger partial charge in [0, 0.05) is 71.7 Å². The first-order chi connectivity index (χ1) is 44.7. The number of aliphatic hydroxyl groups excluding tert-OH is 2. The van der Waals surface area contributed by atoms with E-state index < -0.39 is 25.4 Å². The zero-order valence-corrected chi connectivity index (χ0v) is 50.2. The van der Waals surface area contributed by atoms with Gasteiger partial charge in [-0.05, 0) is 148 Å². The summed E-state index contributed by atoms with van der Waals surface area (Å²) in [5.74, 6) is -0.295. The number of ether oxygens (including phenoxy) is 4. The molecular formula is C59H47BrClF12N15O6. The summed E-state index contributed by atoms with van der Waals surface area (Å²) in [6, 6.07) is 32.7. The molecule has 0 saturated carbocycles. The van der Waals surface area contributed by atoms with Gasteiger partial charge < -0.3 is 34.9 Å². The number of benzene rings is 4. The van der Waals surface area contributed by atoms with E-state index in [0.29, 0.717) is 69.2 Å². The Labute approximate surface area is 538 Å². The van der Waals surface area contributed by atoms with Crippen molar-refractivity contribution in [2.45, 2.75) is 51.3 Å². The van der Waals surface area contributed by atoms with Gasteiger partial charge in [0.1, 0.15) is 35.1 Å². The third kappa shape index (κ3) is 27.9. The number of aromatic nitrogens is 12. The number of nitrogens with zero attached hydrogens (tertiary/aromatic N) is 13. The maximum Gasteiger partial charge on any atom is 0.573 e. The van der Waals surface area contributed by atoms with Crippen molar-refractivity contribution in [1.29, 1.82) is 10.5 Å². The lowest BCUT2D eigenvalue weighted by Crippen LogP contribution is -2.17. The molecule has 0 saturated heterocycles. The highest BCUT2D eigenvalue weighted by molar-refractivity contribution is 9.09. The van der Waals surface area contributed by atoms with Crippen LogP contribution in [0.4, 0.5) is 58.4 Å². The number of hydrogen-bond donors (Lipinski definition) is 4. The predicted molar refractivity (Wildman–Crippen MR) is 315 cm³/mol. The molecule has 6 aromatic heterocycles. The molecule has 0 bridgehead atoms. The van der Waals surface area contributed by atoms with Crippen molar-refractivity contribution < 1.29 is 81.8 Å². The largest absolute Gasteiger partial charge is 0.573 e. The van der Waals surface area contributed by atoms with Gasteiger partial charge in [0.05, 0.1) is 35.9 Å². The summed E-state index contributed by atoms with van der Waals surface area (Å²) in [6.07, 6.45) is -4.94. The minimum absolute atomic E-state index is 0.109. The van der Waals surface area contributed by atoms with Gasteiger partial charge in [-0.25, -0.2) is 0 Å².